The third kappa shape index (κ3) is 2.56. The lowest BCUT2D eigenvalue weighted by Crippen LogP contribution is -2.24. The minimum atomic E-state index is 0.171. The number of hydrogen-bond donors (Lipinski definition) is 1. The predicted octanol–water partition coefficient (Wildman–Crippen LogP) is 2.72. The van der Waals surface area contributed by atoms with Crippen molar-refractivity contribution in [3.8, 4) is 0 Å². The van der Waals surface area contributed by atoms with Crippen LogP contribution in [0, 0.1) is 0 Å². The Balaban J connectivity index is 2.09. The first kappa shape index (κ1) is 12.4. The van der Waals surface area contributed by atoms with Gasteiger partial charge < -0.3 is 10.6 Å². The number of rotatable bonds is 3. The molecule has 0 bridgehead atoms. The highest BCUT2D eigenvalue weighted by atomic mass is 15.2. The number of hydrogen-bond acceptors (Lipinski definition) is 3. The lowest BCUT2D eigenvalue weighted by atomic mass is 10.1. The van der Waals surface area contributed by atoms with Crippen molar-refractivity contribution in [1.29, 1.82) is 0 Å². The summed E-state index contributed by atoms with van der Waals surface area (Å²) in [6.07, 6.45) is 3.43. The summed E-state index contributed by atoms with van der Waals surface area (Å²) in [6, 6.07) is 10.8. The van der Waals surface area contributed by atoms with E-state index >= 15 is 0 Å². The van der Waals surface area contributed by atoms with E-state index in [4.69, 9.17) is 10.7 Å². The number of fused-ring (bicyclic) bond motifs is 1. The second kappa shape index (κ2) is 5.17. The highest BCUT2D eigenvalue weighted by Crippen LogP contribution is 2.27. The van der Waals surface area contributed by atoms with E-state index in [0.717, 1.165) is 30.8 Å². The van der Waals surface area contributed by atoms with Crippen LogP contribution < -0.4 is 10.6 Å². The molecule has 3 heteroatoms. The van der Waals surface area contributed by atoms with E-state index < -0.39 is 0 Å². The van der Waals surface area contributed by atoms with Gasteiger partial charge in [0.25, 0.3) is 0 Å². The molecule has 3 rings (SSSR count). The fourth-order valence-electron chi connectivity index (χ4n) is 2.85. The second-order valence-electron chi connectivity index (χ2n) is 5.54. The van der Waals surface area contributed by atoms with Gasteiger partial charge in [-0.25, -0.2) is 4.98 Å². The Morgan fingerprint density at radius 1 is 1.26 bits per heavy atom. The van der Waals surface area contributed by atoms with Crippen LogP contribution in [-0.2, 0) is 6.42 Å². The lowest BCUT2D eigenvalue weighted by Gasteiger charge is -2.21. The molecular formula is C16H21N3. The Hall–Kier alpha value is -1.61. The summed E-state index contributed by atoms with van der Waals surface area (Å²) >= 11 is 0. The summed E-state index contributed by atoms with van der Waals surface area (Å²) in [5, 5.41) is 1.21. The number of nitrogens with two attached hydrogens (primary N) is 1. The van der Waals surface area contributed by atoms with Crippen molar-refractivity contribution >= 4 is 16.7 Å². The van der Waals surface area contributed by atoms with Crippen LogP contribution >= 0.6 is 0 Å². The van der Waals surface area contributed by atoms with Crippen molar-refractivity contribution in [2.24, 2.45) is 5.73 Å². The fourth-order valence-corrected chi connectivity index (χ4v) is 2.85. The van der Waals surface area contributed by atoms with E-state index in [9.17, 15) is 0 Å². The van der Waals surface area contributed by atoms with Gasteiger partial charge in [-0.05, 0) is 43.9 Å². The number of pyridine rings is 1. The minimum Gasteiger partial charge on any atom is -0.356 e. The van der Waals surface area contributed by atoms with Crippen molar-refractivity contribution in [2.45, 2.75) is 32.2 Å². The molecule has 1 saturated heterocycles. The van der Waals surface area contributed by atoms with Crippen molar-refractivity contribution < 1.29 is 0 Å². The number of anilines is 1. The van der Waals surface area contributed by atoms with E-state index in [1.165, 1.54) is 23.8 Å². The van der Waals surface area contributed by atoms with Crippen molar-refractivity contribution in [3.63, 3.8) is 0 Å². The van der Waals surface area contributed by atoms with Gasteiger partial charge in [0.15, 0.2) is 0 Å². The SMILES string of the molecule is CC(N)Cc1cc2ccccc2nc1N1CCCC1. The molecule has 1 fully saturated rings. The number of nitrogens with zero attached hydrogens (tertiary/aromatic N) is 2. The molecular weight excluding hydrogens is 234 g/mol. The Kier molecular flexibility index (Phi) is 3.38. The highest BCUT2D eigenvalue weighted by molar-refractivity contribution is 5.82. The number of aromatic nitrogens is 1. The number of benzene rings is 1. The first-order valence-corrected chi connectivity index (χ1v) is 7.13. The maximum atomic E-state index is 5.99. The fraction of sp³-hybridized carbons (Fsp3) is 0.438. The predicted molar refractivity (Wildman–Crippen MR) is 80.5 cm³/mol. The molecule has 1 aliphatic rings. The van der Waals surface area contributed by atoms with Gasteiger partial charge in [-0.15, -0.1) is 0 Å². The third-order valence-electron chi connectivity index (χ3n) is 3.73. The van der Waals surface area contributed by atoms with E-state index in [1.807, 2.05) is 6.07 Å². The average molecular weight is 255 g/mol. The van der Waals surface area contributed by atoms with Gasteiger partial charge in [0.2, 0.25) is 0 Å². The highest BCUT2D eigenvalue weighted by Gasteiger charge is 2.18. The summed E-state index contributed by atoms with van der Waals surface area (Å²) in [7, 11) is 0. The van der Waals surface area contributed by atoms with Crippen LogP contribution in [0.25, 0.3) is 10.9 Å². The van der Waals surface area contributed by atoms with Crippen molar-refractivity contribution in [3.05, 3.63) is 35.9 Å². The molecule has 1 aromatic carbocycles. The molecule has 100 valence electrons. The van der Waals surface area contributed by atoms with Gasteiger partial charge in [0.05, 0.1) is 5.52 Å². The molecule has 0 amide bonds. The maximum absolute atomic E-state index is 5.99. The van der Waals surface area contributed by atoms with Crippen molar-refractivity contribution in [1.82, 2.24) is 4.98 Å². The number of para-hydroxylation sites is 1. The molecule has 2 heterocycles. The van der Waals surface area contributed by atoms with E-state index in [-0.39, 0.29) is 6.04 Å². The maximum Gasteiger partial charge on any atom is 0.132 e. The normalized spacial score (nSPS) is 17.1. The van der Waals surface area contributed by atoms with Gasteiger partial charge in [-0.1, -0.05) is 18.2 Å². The molecule has 1 aliphatic heterocycles. The van der Waals surface area contributed by atoms with E-state index in [2.05, 4.69) is 36.1 Å². The topological polar surface area (TPSA) is 42.1 Å². The monoisotopic (exact) mass is 255 g/mol. The van der Waals surface area contributed by atoms with Gasteiger partial charge in [0, 0.05) is 24.5 Å². The van der Waals surface area contributed by atoms with E-state index in [0.29, 0.717) is 0 Å². The molecule has 0 saturated carbocycles. The van der Waals surface area contributed by atoms with Crippen LogP contribution in [0.2, 0.25) is 0 Å². The van der Waals surface area contributed by atoms with Crippen LogP contribution in [0.5, 0.6) is 0 Å². The second-order valence-corrected chi connectivity index (χ2v) is 5.54. The lowest BCUT2D eigenvalue weighted by molar-refractivity contribution is 0.732. The molecule has 0 aliphatic carbocycles. The smallest absolute Gasteiger partial charge is 0.132 e. The van der Waals surface area contributed by atoms with Gasteiger partial charge in [0.1, 0.15) is 5.82 Å². The standard InChI is InChI=1S/C16H21N3/c1-12(17)10-14-11-13-6-2-3-7-15(13)18-16(14)19-8-4-5-9-19/h2-3,6-7,11-12H,4-5,8-10,17H2,1H3. The molecule has 3 nitrogen and oxygen atoms in total. The van der Waals surface area contributed by atoms with Crippen LogP contribution in [0.1, 0.15) is 25.3 Å². The van der Waals surface area contributed by atoms with E-state index in [1.54, 1.807) is 0 Å². The van der Waals surface area contributed by atoms with Crippen molar-refractivity contribution in [2.75, 3.05) is 18.0 Å². The van der Waals surface area contributed by atoms with Crippen LogP contribution in [-0.4, -0.2) is 24.1 Å². The quantitative estimate of drug-likeness (QED) is 0.917. The Morgan fingerprint density at radius 3 is 2.74 bits per heavy atom. The zero-order valence-corrected chi connectivity index (χ0v) is 11.5. The molecule has 1 aromatic heterocycles. The zero-order valence-electron chi connectivity index (χ0n) is 11.5. The summed E-state index contributed by atoms with van der Waals surface area (Å²) in [5.74, 6) is 1.15. The minimum absolute atomic E-state index is 0.171. The Labute approximate surface area is 114 Å². The summed E-state index contributed by atoms with van der Waals surface area (Å²) < 4.78 is 0. The molecule has 2 aromatic rings. The summed E-state index contributed by atoms with van der Waals surface area (Å²) in [6.45, 7) is 4.30. The van der Waals surface area contributed by atoms with Crippen LogP contribution in [0.3, 0.4) is 0 Å². The summed E-state index contributed by atoms with van der Waals surface area (Å²) in [4.78, 5) is 7.29. The largest absolute Gasteiger partial charge is 0.356 e. The first-order valence-electron chi connectivity index (χ1n) is 7.13. The Bertz CT molecular complexity index is 571. The van der Waals surface area contributed by atoms with Gasteiger partial charge >= 0.3 is 0 Å². The molecule has 1 atom stereocenters. The van der Waals surface area contributed by atoms with Crippen LogP contribution in [0.15, 0.2) is 30.3 Å². The van der Waals surface area contributed by atoms with Gasteiger partial charge in [-0.3, -0.25) is 0 Å². The Morgan fingerprint density at radius 2 is 2.00 bits per heavy atom. The zero-order chi connectivity index (χ0) is 13.2. The average Bonchev–Trinajstić information content (AvgIpc) is 2.91. The molecule has 2 N–H and O–H groups in total. The van der Waals surface area contributed by atoms with Crippen LogP contribution in [0.4, 0.5) is 5.82 Å². The first-order chi connectivity index (χ1) is 9.24. The molecule has 0 spiro atoms. The molecule has 1 unspecified atom stereocenters. The van der Waals surface area contributed by atoms with Gasteiger partial charge in [-0.2, -0.15) is 0 Å². The third-order valence-corrected chi connectivity index (χ3v) is 3.73. The molecule has 19 heavy (non-hydrogen) atoms. The molecule has 0 radical (unpaired) electrons. The summed E-state index contributed by atoms with van der Waals surface area (Å²) in [5.41, 5.74) is 8.36.